The minimum Gasteiger partial charge on any atom is -0.294 e. The Labute approximate surface area is 149 Å². The van der Waals surface area contributed by atoms with E-state index in [0.29, 0.717) is 5.92 Å². The summed E-state index contributed by atoms with van der Waals surface area (Å²) < 4.78 is 38.0. The molecule has 0 bridgehead atoms. The lowest BCUT2D eigenvalue weighted by atomic mass is 9.85. The molecule has 1 fully saturated rings. The summed E-state index contributed by atoms with van der Waals surface area (Å²) in [5.74, 6) is 0.0894. The molecule has 1 saturated carbocycles. The minimum atomic E-state index is -4.54. The number of alkyl halides is 3. The average molecular weight is 364 g/mol. The molecule has 1 aliphatic rings. The lowest BCUT2D eigenvalue weighted by Gasteiger charge is -2.21. The number of halogens is 3. The Balaban J connectivity index is 1.59. The summed E-state index contributed by atoms with van der Waals surface area (Å²) in [4.78, 5) is 23.8. The zero-order valence-corrected chi connectivity index (χ0v) is 14.1. The predicted molar refractivity (Wildman–Crippen MR) is 89.4 cm³/mol. The highest BCUT2D eigenvalue weighted by Crippen LogP contribution is 2.32. The molecule has 0 aromatic carbocycles. The largest absolute Gasteiger partial charge is 0.433 e. The number of aromatic nitrogens is 3. The number of nitrogens with zero attached hydrogens (tertiary/aromatic N) is 3. The number of carbonyl (C=O) groups is 1. The van der Waals surface area contributed by atoms with Crippen LogP contribution in [-0.2, 0) is 17.4 Å². The number of anilines is 1. The highest BCUT2D eigenvalue weighted by Gasteiger charge is 2.32. The van der Waals surface area contributed by atoms with E-state index in [-0.39, 0.29) is 18.1 Å². The van der Waals surface area contributed by atoms with Crippen molar-refractivity contribution in [2.24, 2.45) is 0 Å². The second-order valence-electron chi connectivity index (χ2n) is 6.41. The second kappa shape index (κ2) is 7.80. The molecule has 2 heterocycles. The van der Waals surface area contributed by atoms with E-state index in [1.54, 1.807) is 12.4 Å². The van der Waals surface area contributed by atoms with Crippen LogP contribution in [0.5, 0.6) is 0 Å². The molecule has 5 nitrogen and oxygen atoms in total. The lowest BCUT2D eigenvalue weighted by molar-refractivity contribution is -0.141. The molecule has 1 N–H and O–H groups in total. The van der Waals surface area contributed by atoms with E-state index in [2.05, 4.69) is 20.3 Å². The van der Waals surface area contributed by atoms with Crippen LogP contribution in [0.25, 0.3) is 0 Å². The predicted octanol–water partition coefficient (Wildman–Crippen LogP) is 4.12. The first-order valence-electron chi connectivity index (χ1n) is 8.57. The lowest BCUT2D eigenvalue weighted by Crippen LogP contribution is -2.18. The Morgan fingerprint density at radius 3 is 2.46 bits per heavy atom. The van der Waals surface area contributed by atoms with Crippen molar-refractivity contribution in [3.8, 4) is 0 Å². The normalized spacial score (nSPS) is 15.7. The van der Waals surface area contributed by atoms with Crippen molar-refractivity contribution in [1.29, 1.82) is 0 Å². The molecular weight excluding hydrogens is 345 g/mol. The summed E-state index contributed by atoms with van der Waals surface area (Å²) in [5, 5.41) is 2.50. The van der Waals surface area contributed by atoms with Crippen molar-refractivity contribution in [2.75, 3.05) is 5.32 Å². The van der Waals surface area contributed by atoms with Gasteiger partial charge in [0.15, 0.2) is 0 Å². The highest BCUT2D eigenvalue weighted by atomic mass is 19.4. The first kappa shape index (κ1) is 18.3. The Bertz CT molecular complexity index is 756. The van der Waals surface area contributed by atoms with Crippen LogP contribution in [0, 0.1) is 0 Å². The molecule has 0 unspecified atom stereocenters. The molecule has 0 saturated heterocycles. The van der Waals surface area contributed by atoms with E-state index in [9.17, 15) is 18.0 Å². The molecule has 1 aliphatic carbocycles. The zero-order valence-electron chi connectivity index (χ0n) is 14.1. The first-order chi connectivity index (χ1) is 12.4. The maximum atomic E-state index is 12.7. The first-order valence-corrected chi connectivity index (χ1v) is 8.57. The van der Waals surface area contributed by atoms with E-state index in [4.69, 9.17) is 0 Å². The third-order valence-electron chi connectivity index (χ3n) is 4.44. The number of pyridine rings is 1. The number of hydrogen-bond acceptors (Lipinski definition) is 4. The zero-order chi connectivity index (χ0) is 18.6. The molecule has 3 rings (SSSR count). The van der Waals surface area contributed by atoms with Crippen LogP contribution in [0.4, 0.5) is 19.1 Å². The van der Waals surface area contributed by atoms with E-state index in [0.717, 1.165) is 24.5 Å². The smallest absolute Gasteiger partial charge is 0.294 e. The topological polar surface area (TPSA) is 67.8 Å². The summed E-state index contributed by atoms with van der Waals surface area (Å²) in [7, 11) is 0. The van der Waals surface area contributed by atoms with Gasteiger partial charge in [0.1, 0.15) is 5.69 Å². The molecule has 26 heavy (non-hydrogen) atoms. The average Bonchev–Trinajstić information content (AvgIpc) is 2.62. The fourth-order valence-electron chi connectivity index (χ4n) is 3.12. The minimum absolute atomic E-state index is 0.0381. The van der Waals surface area contributed by atoms with Crippen LogP contribution in [0.2, 0.25) is 0 Å². The fraction of sp³-hybridized carbons (Fsp3) is 0.444. The van der Waals surface area contributed by atoms with Gasteiger partial charge >= 0.3 is 6.18 Å². The van der Waals surface area contributed by atoms with Gasteiger partial charge < -0.3 is 0 Å². The van der Waals surface area contributed by atoms with Crippen molar-refractivity contribution in [2.45, 2.75) is 50.6 Å². The second-order valence-corrected chi connectivity index (χ2v) is 6.41. The van der Waals surface area contributed by atoms with E-state index >= 15 is 0 Å². The van der Waals surface area contributed by atoms with Crippen LogP contribution < -0.4 is 5.32 Å². The number of rotatable bonds is 4. The van der Waals surface area contributed by atoms with E-state index in [1.165, 1.54) is 31.4 Å². The van der Waals surface area contributed by atoms with E-state index < -0.39 is 17.8 Å². The van der Waals surface area contributed by atoms with Crippen molar-refractivity contribution in [3.05, 3.63) is 47.5 Å². The summed E-state index contributed by atoms with van der Waals surface area (Å²) in [6, 6.07) is 3.48. The Morgan fingerprint density at radius 1 is 1.12 bits per heavy atom. The van der Waals surface area contributed by atoms with Gasteiger partial charge in [0.25, 0.3) is 0 Å². The molecule has 0 aliphatic heterocycles. The fourth-order valence-corrected chi connectivity index (χ4v) is 3.12. The summed E-state index contributed by atoms with van der Waals surface area (Å²) in [5.41, 5.74) is 0.0780. The van der Waals surface area contributed by atoms with Gasteiger partial charge in [-0.2, -0.15) is 13.2 Å². The third kappa shape index (κ3) is 4.77. The van der Waals surface area contributed by atoms with Crippen LogP contribution in [-0.4, -0.2) is 20.9 Å². The number of amides is 1. The van der Waals surface area contributed by atoms with Gasteiger partial charge in [0, 0.05) is 12.4 Å². The Kier molecular flexibility index (Phi) is 5.49. The molecule has 0 radical (unpaired) electrons. The monoisotopic (exact) mass is 364 g/mol. The maximum absolute atomic E-state index is 12.7. The Morgan fingerprint density at radius 2 is 1.81 bits per heavy atom. The van der Waals surface area contributed by atoms with Gasteiger partial charge in [-0.3, -0.25) is 10.1 Å². The number of carbonyl (C=O) groups excluding carboxylic acids is 1. The van der Waals surface area contributed by atoms with Crippen LogP contribution in [0.15, 0.2) is 30.6 Å². The van der Waals surface area contributed by atoms with Gasteiger partial charge in [0.2, 0.25) is 11.9 Å². The van der Waals surface area contributed by atoms with Gasteiger partial charge in [-0.25, -0.2) is 15.0 Å². The van der Waals surface area contributed by atoms with Crippen LogP contribution in [0.1, 0.15) is 55.0 Å². The standard InChI is InChI=1S/C18H19F3N4O/c19-18(20,21)15-8-4-7-14(24-15)9-16(26)25-17-22-10-13(11-23-17)12-5-2-1-3-6-12/h4,7-8,10-12H,1-3,5-6,9H2,(H,22,23,25,26). The summed E-state index contributed by atoms with van der Waals surface area (Å²) in [6.45, 7) is 0. The van der Waals surface area contributed by atoms with Gasteiger partial charge in [0.05, 0.1) is 12.1 Å². The molecule has 8 heteroatoms. The quantitative estimate of drug-likeness (QED) is 0.886. The summed E-state index contributed by atoms with van der Waals surface area (Å²) >= 11 is 0. The summed E-state index contributed by atoms with van der Waals surface area (Å²) in [6.07, 6.45) is 4.51. The molecule has 2 aromatic rings. The Hall–Kier alpha value is -2.51. The van der Waals surface area contributed by atoms with Crippen molar-refractivity contribution in [1.82, 2.24) is 15.0 Å². The van der Waals surface area contributed by atoms with Crippen molar-refractivity contribution < 1.29 is 18.0 Å². The van der Waals surface area contributed by atoms with E-state index in [1.807, 2.05) is 0 Å². The van der Waals surface area contributed by atoms with Crippen LogP contribution >= 0.6 is 0 Å². The molecule has 1 amide bonds. The molecule has 2 aromatic heterocycles. The highest BCUT2D eigenvalue weighted by molar-refractivity contribution is 5.90. The van der Waals surface area contributed by atoms with Crippen molar-refractivity contribution in [3.63, 3.8) is 0 Å². The maximum Gasteiger partial charge on any atom is 0.433 e. The SMILES string of the molecule is O=C(Cc1cccc(C(F)(F)F)n1)Nc1ncc(C2CCCCC2)cn1. The van der Waals surface area contributed by atoms with Crippen LogP contribution in [0.3, 0.4) is 0 Å². The van der Waals surface area contributed by atoms with Gasteiger partial charge in [-0.15, -0.1) is 0 Å². The number of hydrogen-bond donors (Lipinski definition) is 1. The molecule has 0 atom stereocenters. The van der Waals surface area contributed by atoms with Gasteiger partial charge in [-0.05, 0) is 36.5 Å². The molecule has 138 valence electrons. The third-order valence-corrected chi connectivity index (χ3v) is 4.44. The molecule has 0 spiro atoms. The van der Waals surface area contributed by atoms with Gasteiger partial charge in [-0.1, -0.05) is 25.3 Å². The van der Waals surface area contributed by atoms with Crippen molar-refractivity contribution >= 4 is 11.9 Å². The molecular formula is C18H19F3N4O. The number of nitrogens with one attached hydrogen (secondary N) is 1.